The van der Waals surface area contributed by atoms with Gasteiger partial charge in [0.05, 0.1) is 5.52 Å². The zero-order valence-electron chi connectivity index (χ0n) is 11.6. The zero-order chi connectivity index (χ0) is 14.1. The molecule has 4 rings (SSSR count). The molecular formula is C18H15N3. The molecule has 3 heteroatoms. The molecule has 0 amide bonds. The largest absolute Gasteiger partial charge is 0.300 e. The molecule has 102 valence electrons. The van der Waals surface area contributed by atoms with Crippen LogP contribution in [0.4, 0.5) is 0 Å². The number of fused-ring (bicyclic) bond motifs is 1. The standard InChI is InChI=1S/C18H15N3/c1-2-6-14(7-3-1)21-13-12-20-18(21)16-10-11-19-17-9-5-4-8-15(16)17/h2,4-13H,1,3H2. The zero-order valence-corrected chi connectivity index (χ0v) is 11.6. The smallest absolute Gasteiger partial charge is 0.145 e. The molecule has 21 heavy (non-hydrogen) atoms. The van der Waals surface area contributed by atoms with Gasteiger partial charge in [0.25, 0.3) is 0 Å². The minimum Gasteiger partial charge on any atom is -0.300 e. The van der Waals surface area contributed by atoms with Gasteiger partial charge in [-0.15, -0.1) is 0 Å². The predicted molar refractivity (Wildman–Crippen MR) is 85.6 cm³/mol. The molecule has 0 unspecified atom stereocenters. The maximum Gasteiger partial charge on any atom is 0.145 e. The van der Waals surface area contributed by atoms with Gasteiger partial charge in [0.1, 0.15) is 5.82 Å². The molecule has 0 N–H and O–H groups in total. The number of pyridine rings is 1. The number of rotatable bonds is 2. The second kappa shape index (κ2) is 5.02. The van der Waals surface area contributed by atoms with Crippen LogP contribution in [-0.4, -0.2) is 14.5 Å². The Kier molecular flexibility index (Phi) is 2.89. The Morgan fingerprint density at radius 2 is 1.90 bits per heavy atom. The molecule has 0 atom stereocenters. The summed E-state index contributed by atoms with van der Waals surface area (Å²) in [7, 11) is 0. The van der Waals surface area contributed by atoms with Crippen molar-refractivity contribution in [2.45, 2.75) is 12.8 Å². The number of aromatic nitrogens is 3. The molecule has 0 fully saturated rings. The Balaban J connectivity index is 1.92. The van der Waals surface area contributed by atoms with Crippen LogP contribution in [0.5, 0.6) is 0 Å². The SMILES string of the molecule is C1=CC(n2ccnc2-c2ccnc3ccccc23)=CCC1. The van der Waals surface area contributed by atoms with Gasteiger partial charge >= 0.3 is 0 Å². The summed E-state index contributed by atoms with van der Waals surface area (Å²) >= 11 is 0. The summed E-state index contributed by atoms with van der Waals surface area (Å²) in [5.41, 5.74) is 3.30. The highest BCUT2D eigenvalue weighted by Crippen LogP contribution is 2.28. The summed E-state index contributed by atoms with van der Waals surface area (Å²) in [6.45, 7) is 0. The van der Waals surface area contributed by atoms with Crippen molar-refractivity contribution in [2.24, 2.45) is 0 Å². The van der Waals surface area contributed by atoms with Crippen LogP contribution in [0, 0.1) is 0 Å². The van der Waals surface area contributed by atoms with Crippen LogP contribution in [0.1, 0.15) is 12.8 Å². The molecule has 2 aromatic heterocycles. The number of benzene rings is 1. The molecule has 3 aromatic rings. The monoisotopic (exact) mass is 273 g/mol. The fraction of sp³-hybridized carbons (Fsp3) is 0.111. The number of imidazole rings is 1. The highest BCUT2D eigenvalue weighted by molar-refractivity contribution is 5.93. The summed E-state index contributed by atoms with van der Waals surface area (Å²) in [4.78, 5) is 9.00. The van der Waals surface area contributed by atoms with E-state index in [2.05, 4.69) is 38.8 Å². The molecule has 1 aromatic carbocycles. The van der Waals surface area contributed by atoms with Gasteiger partial charge in [0, 0.05) is 35.2 Å². The van der Waals surface area contributed by atoms with E-state index in [1.165, 1.54) is 5.70 Å². The molecule has 1 aliphatic rings. The summed E-state index contributed by atoms with van der Waals surface area (Å²) in [6.07, 6.45) is 14.6. The minimum atomic E-state index is 0.964. The van der Waals surface area contributed by atoms with Gasteiger partial charge < -0.3 is 4.57 Å². The van der Waals surface area contributed by atoms with Crippen molar-refractivity contribution in [3.8, 4) is 11.4 Å². The second-order valence-electron chi connectivity index (χ2n) is 5.11. The van der Waals surface area contributed by atoms with Gasteiger partial charge in [-0.05, 0) is 31.1 Å². The van der Waals surface area contributed by atoms with Crippen molar-refractivity contribution in [3.63, 3.8) is 0 Å². The molecule has 0 aliphatic heterocycles. The van der Waals surface area contributed by atoms with Gasteiger partial charge in [-0.3, -0.25) is 4.98 Å². The van der Waals surface area contributed by atoms with Gasteiger partial charge in [-0.1, -0.05) is 30.4 Å². The molecule has 3 nitrogen and oxygen atoms in total. The van der Waals surface area contributed by atoms with E-state index in [1.807, 2.05) is 42.9 Å². The maximum absolute atomic E-state index is 4.57. The topological polar surface area (TPSA) is 30.7 Å². The van der Waals surface area contributed by atoms with Crippen LogP contribution in [0.15, 0.2) is 67.2 Å². The van der Waals surface area contributed by atoms with Crippen LogP contribution >= 0.6 is 0 Å². The second-order valence-corrected chi connectivity index (χ2v) is 5.11. The fourth-order valence-electron chi connectivity index (χ4n) is 2.78. The molecule has 0 bridgehead atoms. The first-order valence-corrected chi connectivity index (χ1v) is 7.18. The third kappa shape index (κ3) is 2.07. The van der Waals surface area contributed by atoms with E-state index < -0.39 is 0 Å². The quantitative estimate of drug-likeness (QED) is 0.697. The Labute approximate surface area is 123 Å². The highest BCUT2D eigenvalue weighted by atomic mass is 15.1. The molecule has 1 aliphatic carbocycles. The van der Waals surface area contributed by atoms with Crippen LogP contribution < -0.4 is 0 Å². The molecule has 0 saturated carbocycles. The molecule has 0 radical (unpaired) electrons. The fourth-order valence-corrected chi connectivity index (χ4v) is 2.78. The molecule has 2 heterocycles. The maximum atomic E-state index is 4.57. The number of allylic oxidation sites excluding steroid dienone is 4. The Morgan fingerprint density at radius 1 is 0.952 bits per heavy atom. The van der Waals surface area contributed by atoms with Gasteiger partial charge in [0.2, 0.25) is 0 Å². The minimum absolute atomic E-state index is 0.964. The van der Waals surface area contributed by atoms with Crippen LogP contribution in [0.25, 0.3) is 28.0 Å². The van der Waals surface area contributed by atoms with E-state index in [0.717, 1.165) is 35.1 Å². The van der Waals surface area contributed by atoms with Crippen LogP contribution in [-0.2, 0) is 0 Å². The lowest BCUT2D eigenvalue weighted by Gasteiger charge is -2.13. The van der Waals surface area contributed by atoms with E-state index in [-0.39, 0.29) is 0 Å². The van der Waals surface area contributed by atoms with E-state index in [4.69, 9.17) is 0 Å². The summed E-state index contributed by atoms with van der Waals surface area (Å²) < 4.78 is 2.15. The van der Waals surface area contributed by atoms with E-state index in [0.29, 0.717) is 0 Å². The van der Waals surface area contributed by atoms with Crippen molar-refractivity contribution in [3.05, 3.63) is 67.2 Å². The highest BCUT2D eigenvalue weighted by Gasteiger charge is 2.12. The lowest BCUT2D eigenvalue weighted by atomic mass is 10.1. The van der Waals surface area contributed by atoms with Crippen molar-refractivity contribution < 1.29 is 0 Å². The Bertz CT molecular complexity index is 850. The van der Waals surface area contributed by atoms with E-state index >= 15 is 0 Å². The first kappa shape index (κ1) is 12.1. The van der Waals surface area contributed by atoms with Gasteiger partial charge in [-0.2, -0.15) is 0 Å². The first-order valence-electron chi connectivity index (χ1n) is 7.18. The average Bonchev–Trinajstić information content (AvgIpc) is 3.04. The third-order valence-electron chi connectivity index (χ3n) is 3.78. The number of hydrogen-bond acceptors (Lipinski definition) is 2. The van der Waals surface area contributed by atoms with Crippen molar-refractivity contribution >= 4 is 16.6 Å². The van der Waals surface area contributed by atoms with E-state index in [9.17, 15) is 0 Å². The van der Waals surface area contributed by atoms with Crippen LogP contribution in [0.3, 0.4) is 0 Å². The third-order valence-corrected chi connectivity index (χ3v) is 3.78. The van der Waals surface area contributed by atoms with Gasteiger partial charge in [-0.25, -0.2) is 4.98 Å². The van der Waals surface area contributed by atoms with Gasteiger partial charge in [0.15, 0.2) is 0 Å². The summed E-state index contributed by atoms with van der Waals surface area (Å²) in [5.74, 6) is 0.964. The van der Waals surface area contributed by atoms with E-state index in [1.54, 1.807) is 0 Å². The number of hydrogen-bond donors (Lipinski definition) is 0. The number of para-hydroxylation sites is 1. The molecule has 0 saturated heterocycles. The van der Waals surface area contributed by atoms with Crippen LogP contribution in [0.2, 0.25) is 0 Å². The molecule has 0 spiro atoms. The lowest BCUT2D eigenvalue weighted by Crippen LogP contribution is -1.99. The van der Waals surface area contributed by atoms with Crippen molar-refractivity contribution in [1.82, 2.24) is 14.5 Å². The summed E-state index contributed by atoms with van der Waals surface area (Å²) in [6, 6.07) is 10.2. The summed E-state index contributed by atoms with van der Waals surface area (Å²) in [5, 5.41) is 1.13. The predicted octanol–water partition coefficient (Wildman–Crippen LogP) is 4.29. The molecular weight excluding hydrogens is 258 g/mol. The number of nitrogens with zero attached hydrogens (tertiary/aromatic N) is 3. The average molecular weight is 273 g/mol. The Hall–Kier alpha value is -2.68. The van der Waals surface area contributed by atoms with Crippen molar-refractivity contribution in [1.29, 1.82) is 0 Å². The first-order chi connectivity index (χ1) is 10.4. The lowest BCUT2D eigenvalue weighted by molar-refractivity contribution is 1.00. The van der Waals surface area contributed by atoms with Crippen molar-refractivity contribution in [2.75, 3.05) is 0 Å². The normalized spacial score (nSPS) is 14.4. The Morgan fingerprint density at radius 3 is 2.81 bits per heavy atom.